The van der Waals surface area contributed by atoms with Crippen LogP contribution in [0, 0.1) is 0 Å². The van der Waals surface area contributed by atoms with Crippen LogP contribution in [0.25, 0.3) is 0 Å². The van der Waals surface area contributed by atoms with Crippen molar-refractivity contribution in [2.45, 2.75) is 26.3 Å². The third-order valence-electron chi connectivity index (χ3n) is 2.49. The summed E-state index contributed by atoms with van der Waals surface area (Å²) < 4.78 is 5.20. The number of nitrogens with one attached hydrogen (secondary N) is 2. The van der Waals surface area contributed by atoms with Crippen molar-refractivity contribution in [3.63, 3.8) is 0 Å². The van der Waals surface area contributed by atoms with Crippen molar-refractivity contribution in [3.8, 4) is 0 Å². The van der Waals surface area contributed by atoms with Gasteiger partial charge < -0.3 is 15.4 Å². The highest BCUT2D eigenvalue weighted by atomic mass is 16.5. The maximum atomic E-state index is 11.7. The van der Waals surface area contributed by atoms with Gasteiger partial charge in [0.25, 0.3) is 0 Å². The molecule has 0 bridgehead atoms. The maximum absolute atomic E-state index is 11.7. The van der Waals surface area contributed by atoms with Gasteiger partial charge in [-0.25, -0.2) is 0 Å². The first kappa shape index (κ1) is 14.7. The second kappa shape index (κ2) is 8.66. The van der Waals surface area contributed by atoms with Gasteiger partial charge in [0.2, 0.25) is 5.91 Å². The lowest BCUT2D eigenvalue weighted by molar-refractivity contribution is -0.116. The summed E-state index contributed by atoms with van der Waals surface area (Å²) in [5, 5.41) is 5.98. The van der Waals surface area contributed by atoms with E-state index in [0.29, 0.717) is 19.6 Å². The highest BCUT2D eigenvalue weighted by Crippen LogP contribution is 2.11. The largest absolute Gasteiger partial charge is 0.382 e. The molecule has 100 valence electrons. The number of carbonyl (C=O) groups excluding carboxylic acids is 1. The van der Waals surface area contributed by atoms with Crippen LogP contribution in [0.3, 0.4) is 0 Å². The zero-order chi connectivity index (χ0) is 13.2. The van der Waals surface area contributed by atoms with E-state index in [4.69, 9.17) is 4.74 Å². The van der Waals surface area contributed by atoms with Crippen LogP contribution < -0.4 is 10.6 Å². The number of benzene rings is 1. The van der Waals surface area contributed by atoms with Crippen LogP contribution in [0.2, 0.25) is 0 Å². The fraction of sp³-hybridized carbons (Fsp3) is 0.500. The van der Waals surface area contributed by atoms with Crippen molar-refractivity contribution in [1.29, 1.82) is 0 Å². The summed E-state index contributed by atoms with van der Waals surface area (Å²) in [6.45, 7) is 4.10. The molecule has 18 heavy (non-hydrogen) atoms. The molecule has 0 spiro atoms. The van der Waals surface area contributed by atoms with Crippen molar-refractivity contribution in [2.24, 2.45) is 0 Å². The van der Waals surface area contributed by atoms with E-state index in [1.807, 2.05) is 38.2 Å². The number of hydrogen-bond acceptors (Lipinski definition) is 3. The summed E-state index contributed by atoms with van der Waals surface area (Å²) in [6.07, 6.45) is 1.26. The predicted molar refractivity (Wildman–Crippen MR) is 73.6 cm³/mol. The van der Waals surface area contributed by atoms with Gasteiger partial charge in [-0.2, -0.15) is 0 Å². The molecule has 0 aromatic heterocycles. The van der Waals surface area contributed by atoms with Crippen LogP contribution in [-0.2, 0) is 16.1 Å². The maximum Gasteiger partial charge on any atom is 0.224 e. The first-order valence-corrected chi connectivity index (χ1v) is 6.37. The van der Waals surface area contributed by atoms with Crippen LogP contribution in [0.4, 0.5) is 5.69 Å². The molecule has 4 nitrogen and oxygen atoms in total. The number of amides is 1. The molecule has 0 radical (unpaired) electrons. The Labute approximate surface area is 109 Å². The van der Waals surface area contributed by atoms with Crippen molar-refractivity contribution in [3.05, 3.63) is 29.8 Å². The molecule has 1 aromatic rings. The van der Waals surface area contributed by atoms with Gasteiger partial charge in [-0.05, 0) is 38.1 Å². The summed E-state index contributed by atoms with van der Waals surface area (Å²) in [4.78, 5) is 11.7. The van der Waals surface area contributed by atoms with Gasteiger partial charge in [-0.3, -0.25) is 4.79 Å². The topological polar surface area (TPSA) is 50.4 Å². The molecule has 0 unspecified atom stereocenters. The van der Waals surface area contributed by atoms with Gasteiger partial charge in [-0.15, -0.1) is 0 Å². The van der Waals surface area contributed by atoms with Crippen molar-refractivity contribution >= 4 is 11.6 Å². The highest BCUT2D eigenvalue weighted by molar-refractivity contribution is 5.90. The van der Waals surface area contributed by atoms with Gasteiger partial charge >= 0.3 is 0 Å². The van der Waals surface area contributed by atoms with E-state index in [2.05, 4.69) is 10.6 Å². The van der Waals surface area contributed by atoms with E-state index < -0.39 is 0 Å². The van der Waals surface area contributed by atoms with E-state index in [9.17, 15) is 4.79 Å². The lowest BCUT2D eigenvalue weighted by atomic mass is 10.2. The number of ether oxygens (including phenoxy) is 1. The minimum atomic E-state index is 0.0383. The molecule has 0 fully saturated rings. The SMILES string of the molecule is CCOCCCC(=O)Nc1cccc(CNC)c1. The Bertz CT molecular complexity index is 367. The Hall–Kier alpha value is -1.39. The standard InChI is InChI=1S/C14H22N2O2/c1-3-18-9-5-8-14(17)16-13-7-4-6-12(10-13)11-15-2/h4,6-7,10,15H,3,5,8-9,11H2,1-2H3,(H,16,17). The Kier molecular flexibility index (Phi) is 7.06. The molecule has 1 amide bonds. The summed E-state index contributed by atoms with van der Waals surface area (Å²) in [5.74, 6) is 0.0383. The molecule has 4 heteroatoms. The molecule has 0 aliphatic rings. The summed E-state index contributed by atoms with van der Waals surface area (Å²) in [6, 6.07) is 7.86. The van der Waals surface area contributed by atoms with E-state index in [0.717, 1.165) is 24.2 Å². The zero-order valence-corrected chi connectivity index (χ0v) is 11.2. The van der Waals surface area contributed by atoms with Gasteiger partial charge in [0.15, 0.2) is 0 Å². The minimum absolute atomic E-state index is 0.0383. The van der Waals surface area contributed by atoms with E-state index >= 15 is 0 Å². The molecular weight excluding hydrogens is 228 g/mol. The Morgan fingerprint density at radius 2 is 2.22 bits per heavy atom. The zero-order valence-electron chi connectivity index (χ0n) is 11.2. The van der Waals surface area contributed by atoms with Gasteiger partial charge in [-0.1, -0.05) is 12.1 Å². The smallest absolute Gasteiger partial charge is 0.224 e. The first-order chi connectivity index (χ1) is 8.76. The Morgan fingerprint density at radius 3 is 2.94 bits per heavy atom. The van der Waals surface area contributed by atoms with Crippen LogP contribution in [0.1, 0.15) is 25.3 Å². The first-order valence-electron chi connectivity index (χ1n) is 6.37. The quantitative estimate of drug-likeness (QED) is 0.695. The van der Waals surface area contributed by atoms with Crippen LogP contribution in [0.15, 0.2) is 24.3 Å². The van der Waals surface area contributed by atoms with E-state index in [-0.39, 0.29) is 5.91 Å². The van der Waals surface area contributed by atoms with Crippen molar-refractivity contribution in [2.75, 3.05) is 25.6 Å². The third kappa shape index (κ3) is 5.80. The summed E-state index contributed by atoms with van der Waals surface area (Å²) in [5.41, 5.74) is 2.01. The highest BCUT2D eigenvalue weighted by Gasteiger charge is 2.02. The van der Waals surface area contributed by atoms with Crippen molar-refractivity contribution < 1.29 is 9.53 Å². The molecule has 0 aliphatic carbocycles. The Balaban J connectivity index is 2.36. The monoisotopic (exact) mass is 250 g/mol. The normalized spacial score (nSPS) is 10.3. The number of carbonyl (C=O) groups is 1. The molecule has 0 aliphatic heterocycles. The van der Waals surface area contributed by atoms with Gasteiger partial charge in [0.05, 0.1) is 0 Å². The fourth-order valence-corrected chi connectivity index (χ4v) is 1.67. The second-order valence-corrected chi connectivity index (χ2v) is 4.08. The van der Waals surface area contributed by atoms with Crippen LogP contribution in [0.5, 0.6) is 0 Å². The van der Waals surface area contributed by atoms with Crippen LogP contribution in [-0.4, -0.2) is 26.2 Å². The molecule has 0 saturated carbocycles. The van der Waals surface area contributed by atoms with E-state index in [1.54, 1.807) is 0 Å². The second-order valence-electron chi connectivity index (χ2n) is 4.08. The lowest BCUT2D eigenvalue weighted by Gasteiger charge is -2.07. The molecule has 0 atom stereocenters. The molecule has 0 saturated heterocycles. The molecule has 2 N–H and O–H groups in total. The van der Waals surface area contributed by atoms with Gasteiger partial charge in [0.1, 0.15) is 0 Å². The Morgan fingerprint density at radius 1 is 1.39 bits per heavy atom. The number of hydrogen-bond donors (Lipinski definition) is 2. The number of rotatable bonds is 8. The molecule has 1 aromatic carbocycles. The molecule has 1 rings (SSSR count). The van der Waals surface area contributed by atoms with Crippen LogP contribution >= 0.6 is 0 Å². The predicted octanol–water partition coefficient (Wildman–Crippen LogP) is 2.16. The molecule has 0 heterocycles. The van der Waals surface area contributed by atoms with Crippen molar-refractivity contribution in [1.82, 2.24) is 5.32 Å². The number of anilines is 1. The van der Waals surface area contributed by atoms with E-state index in [1.165, 1.54) is 0 Å². The summed E-state index contributed by atoms with van der Waals surface area (Å²) in [7, 11) is 1.90. The summed E-state index contributed by atoms with van der Waals surface area (Å²) >= 11 is 0. The van der Waals surface area contributed by atoms with Gasteiger partial charge in [0, 0.05) is 31.9 Å². The molecular formula is C14H22N2O2. The lowest BCUT2D eigenvalue weighted by Crippen LogP contribution is -2.13. The minimum Gasteiger partial charge on any atom is -0.382 e. The average Bonchev–Trinajstić information content (AvgIpc) is 2.35. The fourth-order valence-electron chi connectivity index (χ4n) is 1.67. The third-order valence-corrected chi connectivity index (χ3v) is 2.49. The average molecular weight is 250 g/mol.